The summed E-state index contributed by atoms with van der Waals surface area (Å²) in [5.74, 6) is -1.64. The van der Waals surface area contributed by atoms with Gasteiger partial charge in [0.05, 0.1) is 18.3 Å². The molecule has 0 fully saturated rings. The Morgan fingerprint density at radius 1 is 1.07 bits per heavy atom. The number of aliphatic hydroxyl groups excluding tert-OH is 1. The minimum Gasteiger partial charge on any atom is -0.386 e. The van der Waals surface area contributed by atoms with Gasteiger partial charge in [-0.3, -0.25) is 9.78 Å². The normalized spacial score (nSPS) is 12.9. The van der Waals surface area contributed by atoms with Gasteiger partial charge in [0.2, 0.25) is 0 Å². The van der Waals surface area contributed by atoms with Crippen molar-refractivity contribution in [2.45, 2.75) is 32.0 Å². The number of urea groups is 1. The van der Waals surface area contributed by atoms with Crippen molar-refractivity contribution in [3.8, 4) is 11.1 Å². The van der Waals surface area contributed by atoms with Crippen LogP contribution in [-0.2, 0) is 11.3 Å². The molecule has 0 bridgehead atoms. The number of nitrogens with one attached hydrogen (secondary N) is 3. The van der Waals surface area contributed by atoms with Crippen LogP contribution in [0.1, 0.15) is 24.3 Å². The lowest BCUT2D eigenvalue weighted by molar-refractivity contribution is -0.133. The molecular formula is C20H23F3N4O3. The average molecular weight is 424 g/mol. The Labute approximate surface area is 171 Å². The Hall–Kier alpha value is -3.14. The molecule has 1 aromatic carbocycles. The van der Waals surface area contributed by atoms with E-state index in [9.17, 15) is 27.9 Å². The maximum atomic E-state index is 13.1. The van der Waals surface area contributed by atoms with Gasteiger partial charge in [-0.05, 0) is 24.1 Å². The Morgan fingerprint density at radius 2 is 1.73 bits per heavy atom. The van der Waals surface area contributed by atoms with Crippen LogP contribution in [0, 0.1) is 0 Å². The zero-order valence-electron chi connectivity index (χ0n) is 16.2. The van der Waals surface area contributed by atoms with Crippen molar-refractivity contribution < 1.29 is 27.9 Å². The van der Waals surface area contributed by atoms with Gasteiger partial charge >= 0.3 is 12.5 Å². The molecule has 30 heavy (non-hydrogen) atoms. The Morgan fingerprint density at radius 3 is 2.27 bits per heavy atom. The molecule has 2 aromatic rings. The molecule has 0 spiro atoms. The molecule has 0 unspecified atom stereocenters. The summed E-state index contributed by atoms with van der Waals surface area (Å²) in [6.07, 6.45) is -3.15. The highest BCUT2D eigenvalue weighted by Gasteiger charge is 2.26. The van der Waals surface area contributed by atoms with Crippen LogP contribution in [0.5, 0.6) is 0 Å². The molecule has 162 valence electrons. The molecule has 2 rings (SSSR count). The van der Waals surface area contributed by atoms with Crippen molar-refractivity contribution >= 4 is 11.9 Å². The maximum Gasteiger partial charge on any atom is 0.315 e. The van der Waals surface area contributed by atoms with Gasteiger partial charge in [0.1, 0.15) is 12.8 Å². The second kappa shape index (κ2) is 11.1. The van der Waals surface area contributed by atoms with Crippen molar-refractivity contribution in [2.75, 3.05) is 13.2 Å². The number of nitrogens with zero attached hydrogens (tertiary/aromatic N) is 1. The summed E-state index contributed by atoms with van der Waals surface area (Å²) >= 11 is 0. The minimum absolute atomic E-state index is 0.270. The first-order chi connectivity index (χ1) is 14.3. The smallest absolute Gasteiger partial charge is 0.315 e. The van der Waals surface area contributed by atoms with Crippen molar-refractivity contribution in [3.05, 3.63) is 53.9 Å². The number of carbonyl (C=O) groups is 2. The van der Waals surface area contributed by atoms with E-state index in [2.05, 4.69) is 15.6 Å². The second-order valence-electron chi connectivity index (χ2n) is 6.39. The highest BCUT2D eigenvalue weighted by Crippen LogP contribution is 2.23. The summed E-state index contributed by atoms with van der Waals surface area (Å²) in [5, 5.41) is 17.3. The van der Waals surface area contributed by atoms with E-state index in [0.717, 1.165) is 11.1 Å². The van der Waals surface area contributed by atoms with Crippen LogP contribution in [0.2, 0.25) is 0 Å². The summed E-state index contributed by atoms with van der Waals surface area (Å²) in [5.41, 5.74) is 2.46. The molecule has 0 radical (unpaired) electrons. The van der Waals surface area contributed by atoms with E-state index < -0.39 is 31.2 Å². The monoisotopic (exact) mass is 424 g/mol. The third-order valence-corrected chi connectivity index (χ3v) is 4.25. The molecule has 4 N–H and O–H groups in total. The number of pyridine rings is 1. The van der Waals surface area contributed by atoms with Crippen LogP contribution in [0.25, 0.3) is 11.1 Å². The molecule has 0 aliphatic rings. The van der Waals surface area contributed by atoms with Gasteiger partial charge in [-0.1, -0.05) is 30.3 Å². The molecule has 1 aromatic heterocycles. The van der Waals surface area contributed by atoms with Crippen LogP contribution in [0.3, 0.4) is 0 Å². The predicted molar refractivity (Wildman–Crippen MR) is 104 cm³/mol. The molecule has 7 nitrogen and oxygen atoms in total. The van der Waals surface area contributed by atoms with Crippen LogP contribution < -0.4 is 16.0 Å². The quantitative estimate of drug-likeness (QED) is 0.496. The van der Waals surface area contributed by atoms with Crippen molar-refractivity contribution in [3.63, 3.8) is 0 Å². The summed E-state index contributed by atoms with van der Waals surface area (Å²) in [4.78, 5) is 26.7. The molecule has 0 saturated heterocycles. The fraction of sp³-hybridized carbons (Fsp3) is 0.350. The lowest BCUT2D eigenvalue weighted by Gasteiger charge is -2.22. The first kappa shape index (κ1) is 23.1. The van der Waals surface area contributed by atoms with E-state index in [1.807, 2.05) is 6.92 Å². The van der Waals surface area contributed by atoms with Gasteiger partial charge < -0.3 is 21.1 Å². The molecule has 0 aliphatic carbocycles. The van der Waals surface area contributed by atoms with Crippen molar-refractivity contribution in [1.29, 1.82) is 0 Å². The third-order valence-electron chi connectivity index (χ3n) is 4.25. The molecule has 1 heterocycles. The first-order valence-electron chi connectivity index (χ1n) is 9.25. The third kappa shape index (κ3) is 6.45. The molecule has 3 amide bonds. The number of carbonyl (C=O) groups excluding carboxylic acids is 2. The van der Waals surface area contributed by atoms with Crippen LogP contribution >= 0.6 is 0 Å². The van der Waals surface area contributed by atoms with E-state index in [0.29, 0.717) is 12.2 Å². The van der Waals surface area contributed by atoms with Crippen molar-refractivity contribution in [1.82, 2.24) is 20.9 Å². The zero-order valence-corrected chi connectivity index (χ0v) is 16.2. The van der Waals surface area contributed by atoms with Crippen LogP contribution in [-0.4, -0.2) is 47.7 Å². The van der Waals surface area contributed by atoms with E-state index in [4.69, 9.17) is 0 Å². The van der Waals surface area contributed by atoms with Gasteiger partial charge in [0.15, 0.2) is 0 Å². The van der Waals surface area contributed by atoms with E-state index in [1.54, 1.807) is 35.8 Å². The standard InChI is InChI=1S/C20H23F3N4O3/c1-2-24-20(30)26-11-15-8-7-14(10-25-15)12-3-5-13(6-4-12)17(28)16(9-21)27-19(29)18(22)23/h3-8,10,16-18,28H,2,9,11H2,1H3,(H,27,29)(H2,24,26,30)/t16-,17-/m1/s1. The first-order valence-corrected chi connectivity index (χ1v) is 9.25. The Balaban J connectivity index is 2.02. The summed E-state index contributed by atoms with van der Waals surface area (Å²) < 4.78 is 37.8. The number of hydrogen-bond donors (Lipinski definition) is 4. The molecule has 10 heteroatoms. The van der Waals surface area contributed by atoms with Gasteiger partial charge in [-0.2, -0.15) is 8.78 Å². The van der Waals surface area contributed by atoms with Gasteiger partial charge in [0, 0.05) is 18.3 Å². The van der Waals surface area contributed by atoms with Crippen molar-refractivity contribution in [2.24, 2.45) is 0 Å². The predicted octanol–water partition coefficient (Wildman–Crippen LogP) is 2.32. The fourth-order valence-corrected chi connectivity index (χ4v) is 2.65. The highest BCUT2D eigenvalue weighted by molar-refractivity contribution is 5.79. The van der Waals surface area contributed by atoms with Gasteiger partial charge in [-0.25, -0.2) is 9.18 Å². The largest absolute Gasteiger partial charge is 0.386 e. The molecule has 0 saturated carbocycles. The van der Waals surface area contributed by atoms with E-state index in [-0.39, 0.29) is 18.1 Å². The summed E-state index contributed by atoms with van der Waals surface area (Å²) in [6, 6.07) is 8.15. The molecule has 0 aliphatic heterocycles. The summed E-state index contributed by atoms with van der Waals surface area (Å²) in [6.45, 7) is 1.41. The maximum absolute atomic E-state index is 13.1. The van der Waals surface area contributed by atoms with Crippen LogP contribution in [0.15, 0.2) is 42.6 Å². The Bertz CT molecular complexity index is 832. The number of halogens is 3. The topological polar surface area (TPSA) is 103 Å². The number of rotatable bonds is 9. The number of benzene rings is 1. The zero-order chi connectivity index (χ0) is 22.1. The second-order valence-corrected chi connectivity index (χ2v) is 6.39. The average Bonchev–Trinajstić information content (AvgIpc) is 2.76. The number of amides is 3. The highest BCUT2D eigenvalue weighted by atomic mass is 19.3. The fourth-order valence-electron chi connectivity index (χ4n) is 2.65. The van der Waals surface area contributed by atoms with E-state index in [1.165, 1.54) is 12.1 Å². The number of aromatic nitrogens is 1. The summed E-state index contributed by atoms with van der Waals surface area (Å²) in [7, 11) is 0. The lowest BCUT2D eigenvalue weighted by Crippen LogP contribution is -2.43. The van der Waals surface area contributed by atoms with E-state index >= 15 is 0 Å². The van der Waals surface area contributed by atoms with Crippen LogP contribution in [0.4, 0.5) is 18.0 Å². The number of hydrogen-bond acceptors (Lipinski definition) is 4. The molecular weight excluding hydrogens is 401 g/mol. The van der Waals surface area contributed by atoms with Gasteiger partial charge in [0.25, 0.3) is 5.91 Å². The Kier molecular flexibility index (Phi) is 8.60. The minimum atomic E-state index is -3.29. The number of aliphatic hydroxyl groups is 1. The van der Waals surface area contributed by atoms with Gasteiger partial charge in [-0.15, -0.1) is 0 Å². The number of alkyl halides is 3. The lowest BCUT2D eigenvalue weighted by atomic mass is 9.99. The SMILES string of the molecule is CCNC(=O)NCc1ccc(-c2ccc([C@@H](O)[C@@H](CF)NC(=O)C(F)F)cc2)cn1. The molecule has 2 atom stereocenters.